The Morgan fingerprint density at radius 3 is 2.68 bits per heavy atom. The van der Waals surface area contributed by atoms with Crippen molar-refractivity contribution in [1.29, 1.82) is 0 Å². The fourth-order valence-electron chi connectivity index (χ4n) is 4.93. The van der Waals surface area contributed by atoms with Gasteiger partial charge in [0, 0.05) is 15.8 Å². The highest BCUT2D eigenvalue weighted by atomic mass is 32.1. The Morgan fingerprint density at radius 1 is 1.28 bits per heavy atom. The second-order valence-electron chi connectivity index (χ2n) is 7.71. The molecule has 3 aliphatic heterocycles. The Bertz CT molecular complexity index is 881. The third-order valence-corrected chi connectivity index (χ3v) is 7.68. The second kappa shape index (κ2) is 5.24. The van der Waals surface area contributed by atoms with E-state index in [9.17, 15) is 13.6 Å². The van der Waals surface area contributed by atoms with Crippen molar-refractivity contribution in [3.05, 3.63) is 34.2 Å². The normalized spacial score (nSPS) is 29.3. The van der Waals surface area contributed by atoms with Crippen LogP contribution in [0.2, 0.25) is 0 Å². The number of benzene rings is 1. The molecule has 1 aliphatic carbocycles. The lowest BCUT2D eigenvalue weighted by Crippen LogP contribution is -2.65. The van der Waals surface area contributed by atoms with E-state index in [1.54, 1.807) is 13.0 Å². The first-order valence-electron chi connectivity index (χ1n) is 8.94. The molecule has 132 valence electrons. The molecule has 1 aromatic heterocycles. The van der Waals surface area contributed by atoms with Gasteiger partial charge < -0.3 is 5.32 Å². The van der Waals surface area contributed by atoms with Gasteiger partial charge in [0.25, 0.3) is 5.91 Å². The van der Waals surface area contributed by atoms with Crippen molar-refractivity contribution in [3.8, 4) is 0 Å². The summed E-state index contributed by atoms with van der Waals surface area (Å²) < 4.78 is 28.1. The van der Waals surface area contributed by atoms with E-state index in [4.69, 9.17) is 0 Å². The lowest BCUT2D eigenvalue weighted by atomic mass is 9.77. The number of piperidine rings is 3. The number of nitrogens with zero attached hydrogens (tertiary/aromatic N) is 1. The van der Waals surface area contributed by atoms with Gasteiger partial charge >= 0.3 is 0 Å². The first-order chi connectivity index (χ1) is 12.0. The van der Waals surface area contributed by atoms with Gasteiger partial charge in [-0.25, -0.2) is 8.78 Å². The van der Waals surface area contributed by atoms with Gasteiger partial charge in [-0.05, 0) is 69.1 Å². The van der Waals surface area contributed by atoms with Crippen molar-refractivity contribution in [1.82, 2.24) is 10.2 Å². The van der Waals surface area contributed by atoms with Gasteiger partial charge in [-0.2, -0.15) is 0 Å². The van der Waals surface area contributed by atoms with Crippen molar-refractivity contribution >= 4 is 27.3 Å². The van der Waals surface area contributed by atoms with Crippen molar-refractivity contribution < 1.29 is 13.6 Å². The third kappa shape index (κ3) is 2.20. The van der Waals surface area contributed by atoms with Crippen molar-refractivity contribution in [3.63, 3.8) is 0 Å². The van der Waals surface area contributed by atoms with Crippen LogP contribution in [0.1, 0.15) is 40.9 Å². The molecular formula is C19H20F2N2OS. The highest BCUT2D eigenvalue weighted by molar-refractivity contribution is 7.21. The summed E-state index contributed by atoms with van der Waals surface area (Å²) in [5.41, 5.74) is 0.460. The molecule has 0 radical (unpaired) electrons. The number of carbonyl (C=O) groups excluding carboxylic acids is 1. The second-order valence-corrected chi connectivity index (χ2v) is 8.76. The smallest absolute Gasteiger partial charge is 0.261 e. The van der Waals surface area contributed by atoms with Crippen LogP contribution in [0.3, 0.4) is 0 Å². The fraction of sp³-hybridized carbons (Fsp3) is 0.526. The van der Waals surface area contributed by atoms with E-state index in [0.29, 0.717) is 20.9 Å². The average molecular weight is 362 g/mol. The molecule has 6 rings (SSSR count). The summed E-state index contributed by atoms with van der Waals surface area (Å²) in [6.07, 6.45) is 4.62. The molecule has 4 aliphatic rings. The van der Waals surface area contributed by atoms with Crippen LogP contribution < -0.4 is 5.32 Å². The Kier molecular flexibility index (Phi) is 3.29. The molecule has 2 aromatic rings. The first kappa shape index (κ1) is 15.7. The van der Waals surface area contributed by atoms with Crippen LogP contribution in [-0.4, -0.2) is 35.5 Å². The molecule has 1 saturated carbocycles. The zero-order valence-corrected chi connectivity index (χ0v) is 14.9. The van der Waals surface area contributed by atoms with Gasteiger partial charge in [-0.15, -0.1) is 11.3 Å². The van der Waals surface area contributed by atoms with Crippen molar-refractivity contribution in [2.75, 3.05) is 13.1 Å². The number of thiophene rings is 1. The van der Waals surface area contributed by atoms with Crippen LogP contribution in [0, 0.1) is 24.5 Å². The number of halogens is 2. The van der Waals surface area contributed by atoms with Gasteiger partial charge in [-0.3, -0.25) is 9.69 Å². The van der Waals surface area contributed by atoms with E-state index < -0.39 is 11.6 Å². The number of hydrogen-bond acceptors (Lipinski definition) is 3. The van der Waals surface area contributed by atoms with Crippen molar-refractivity contribution in [2.24, 2.45) is 5.92 Å². The van der Waals surface area contributed by atoms with E-state index in [-0.39, 0.29) is 23.1 Å². The minimum Gasteiger partial charge on any atom is -0.346 e. The highest BCUT2D eigenvalue weighted by Crippen LogP contribution is 2.53. The fourth-order valence-corrected chi connectivity index (χ4v) is 5.97. The molecule has 4 fully saturated rings. The molecule has 1 atom stereocenters. The minimum absolute atomic E-state index is 0.105. The number of fused-ring (bicyclic) bond motifs is 3. The zero-order chi connectivity index (χ0) is 17.3. The highest BCUT2D eigenvalue weighted by Gasteiger charge is 2.60. The number of hydrogen-bond donors (Lipinski definition) is 1. The molecule has 1 N–H and O–H groups in total. The summed E-state index contributed by atoms with van der Waals surface area (Å²) in [5, 5.41) is 3.87. The number of aryl methyl sites for hydroxylation is 1. The summed E-state index contributed by atoms with van der Waals surface area (Å²) in [7, 11) is 0. The van der Waals surface area contributed by atoms with E-state index in [2.05, 4.69) is 10.2 Å². The molecule has 1 spiro atoms. The van der Waals surface area contributed by atoms with Gasteiger partial charge in [0.05, 0.1) is 10.9 Å². The van der Waals surface area contributed by atoms with Gasteiger partial charge in [0.2, 0.25) is 0 Å². The van der Waals surface area contributed by atoms with E-state index in [1.165, 1.54) is 17.4 Å². The summed E-state index contributed by atoms with van der Waals surface area (Å²) in [6, 6.07) is 3.08. The van der Waals surface area contributed by atoms with Gasteiger partial charge in [0.1, 0.15) is 0 Å². The molecule has 6 heteroatoms. The number of carbonyl (C=O) groups is 1. The zero-order valence-electron chi connectivity index (χ0n) is 14.1. The van der Waals surface area contributed by atoms with Crippen LogP contribution in [0.5, 0.6) is 0 Å². The molecule has 25 heavy (non-hydrogen) atoms. The Labute approximate surface area is 149 Å². The van der Waals surface area contributed by atoms with E-state index in [0.717, 1.165) is 38.8 Å². The molecule has 2 bridgehead atoms. The standard InChI is InChI=1S/C19H20F2N2OS/c1-10-15(21)13(20)8-12-9-14(25-16(10)12)18(24)22-17-11-2-6-23(7-3-11)19(17)4-5-19/h8-9,11,17H,2-7H2,1H3,(H,22,24)/t17-/m0/s1. The van der Waals surface area contributed by atoms with E-state index >= 15 is 0 Å². The van der Waals surface area contributed by atoms with Crippen LogP contribution in [0.25, 0.3) is 10.1 Å². The van der Waals surface area contributed by atoms with Crippen LogP contribution >= 0.6 is 11.3 Å². The number of amides is 1. The van der Waals surface area contributed by atoms with Crippen molar-refractivity contribution in [2.45, 2.75) is 44.2 Å². The largest absolute Gasteiger partial charge is 0.346 e. The van der Waals surface area contributed by atoms with Crippen LogP contribution in [-0.2, 0) is 0 Å². The molecule has 4 heterocycles. The Balaban J connectivity index is 1.45. The molecular weight excluding hydrogens is 342 g/mol. The lowest BCUT2D eigenvalue weighted by molar-refractivity contribution is -0.00138. The maximum atomic E-state index is 13.8. The predicted octanol–water partition coefficient (Wildman–Crippen LogP) is 3.84. The van der Waals surface area contributed by atoms with E-state index in [1.807, 2.05) is 0 Å². The molecule has 1 amide bonds. The lowest BCUT2D eigenvalue weighted by Gasteiger charge is -2.52. The average Bonchev–Trinajstić information content (AvgIpc) is 3.27. The Morgan fingerprint density at radius 2 is 2.00 bits per heavy atom. The maximum Gasteiger partial charge on any atom is 0.261 e. The van der Waals surface area contributed by atoms with Crippen LogP contribution in [0.4, 0.5) is 8.78 Å². The van der Waals surface area contributed by atoms with Crippen LogP contribution in [0.15, 0.2) is 12.1 Å². The predicted molar refractivity (Wildman–Crippen MR) is 94.0 cm³/mol. The molecule has 0 unspecified atom stereocenters. The first-order valence-corrected chi connectivity index (χ1v) is 9.75. The number of rotatable bonds is 2. The number of nitrogens with one attached hydrogen (secondary N) is 1. The monoisotopic (exact) mass is 362 g/mol. The quantitative estimate of drug-likeness (QED) is 0.880. The molecule has 3 saturated heterocycles. The topological polar surface area (TPSA) is 32.3 Å². The minimum atomic E-state index is -0.857. The summed E-state index contributed by atoms with van der Waals surface area (Å²) >= 11 is 1.25. The van der Waals surface area contributed by atoms with Gasteiger partial charge in [-0.1, -0.05) is 0 Å². The molecule has 3 nitrogen and oxygen atoms in total. The third-order valence-electron chi connectivity index (χ3n) is 6.41. The molecule has 1 aromatic carbocycles. The summed E-state index contributed by atoms with van der Waals surface area (Å²) in [6.45, 7) is 3.86. The summed E-state index contributed by atoms with van der Waals surface area (Å²) in [5.74, 6) is -1.23. The van der Waals surface area contributed by atoms with Gasteiger partial charge in [0.15, 0.2) is 11.6 Å². The Hall–Kier alpha value is -1.53. The summed E-state index contributed by atoms with van der Waals surface area (Å²) in [4.78, 5) is 15.9. The SMILES string of the molecule is Cc1c(F)c(F)cc2cc(C(=O)N[C@H]3C4CCN(CC4)C34CC4)sc12. The maximum absolute atomic E-state index is 13.8.